The van der Waals surface area contributed by atoms with E-state index in [4.69, 9.17) is 26.3 Å². The van der Waals surface area contributed by atoms with Gasteiger partial charge in [-0.1, -0.05) is 23.7 Å². The average molecular weight is 303 g/mol. The first kappa shape index (κ1) is 15.0. The summed E-state index contributed by atoms with van der Waals surface area (Å²) in [5.41, 5.74) is 2.17. The first-order chi connectivity index (χ1) is 10.2. The van der Waals surface area contributed by atoms with E-state index >= 15 is 0 Å². The fraction of sp³-hybridized carbons (Fsp3) is 0.188. The van der Waals surface area contributed by atoms with E-state index in [2.05, 4.69) is 11.4 Å². The molecule has 2 aromatic carbocycles. The number of anilines is 1. The molecule has 0 bridgehead atoms. The van der Waals surface area contributed by atoms with Crippen LogP contribution in [0.1, 0.15) is 11.1 Å². The molecule has 5 heteroatoms. The Hall–Kier alpha value is -2.38. The molecule has 108 valence electrons. The Balaban J connectivity index is 2.23. The van der Waals surface area contributed by atoms with Crippen molar-refractivity contribution in [2.45, 2.75) is 6.54 Å². The maximum atomic E-state index is 9.13. The highest BCUT2D eigenvalue weighted by molar-refractivity contribution is 6.30. The second-order valence-electron chi connectivity index (χ2n) is 4.31. The molecule has 1 N–H and O–H groups in total. The number of rotatable bonds is 5. The summed E-state index contributed by atoms with van der Waals surface area (Å²) in [5, 5.41) is 12.9. The molecular formula is C16H15ClN2O2. The summed E-state index contributed by atoms with van der Waals surface area (Å²) in [5.74, 6) is 1.35. The van der Waals surface area contributed by atoms with Crippen LogP contribution in [0.3, 0.4) is 0 Å². The Bertz CT molecular complexity index is 680. The fourth-order valence-electron chi connectivity index (χ4n) is 2.05. The van der Waals surface area contributed by atoms with Crippen LogP contribution in [0.5, 0.6) is 11.5 Å². The van der Waals surface area contributed by atoms with Crippen LogP contribution in [0.25, 0.3) is 0 Å². The third-order valence-corrected chi connectivity index (χ3v) is 3.29. The molecule has 0 atom stereocenters. The van der Waals surface area contributed by atoms with E-state index in [1.807, 2.05) is 18.2 Å². The van der Waals surface area contributed by atoms with E-state index in [9.17, 15) is 0 Å². The summed E-state index contributed by atoms with van der Waals surface area (Å²) in [7, 11) is 3.20. The summed E-state index contributed by atoms with van der Waals surface area (Å²) < 4.78 is 10.6. The van der Waals surface area contributed by atoms with Crippen LogP contribution in [0.2, 0.25) is 5.02 Å². The number of para-hydroxylation sites is 1. The van der Waals surface area contributed by atoms with Gasteiger partial charge in [0.15, 0.2) is 11.5 Å². The molecule has 2 rings (SSSR count). The Morgan fingerprint density at radius 2 is 2.00 bits per heavy atom. The van der Waals surface area contributed by atoms with Gasteiger partial charge in [0, 0.05) is 17.1 Å². The number of nitriles is 1. The van der Waals surface area contributed by atoms with Crippen LogP contribution in [-0.4, -0.2) is 14.2 Å². The number of halogens is 1. The van der Waals surface area contributed by atoms with Crippen molar-refractivity contribution < 1.29 is 9.47 Å². The Kier molecular flexibility index (Phi) is 4.91. The maximum absolute atomic E-state index is 9.13. The van der Waals surface area contributed by atoms with E-state index in [1.54, 1.807) is 32.4 Å². The molecule has 0 amide bonds. The molecule has 0 fully saturated rings. The average Bonchev–Trinajstić information content (AvgIpc) is 2.52. The molecule has 0 aliphatic rings. The van der Waals surface area contributed by atoms with Gasteiger partial charge in [-0.25, -0.2) is 0 Å². The predicted octanol–water partition coefficient (Wildman–Crippen LogP) is 3.84. The number of methoxy groups -OCH3 is 2. The van der Waals surface area contributed by atoms with Crippen molar-refractivity contribution in [2.24, 2.45) is 0 Å². The number of nitrogens with zero attached hydrogens (tertiary/aromatic N) is 1. The molecule has 21 heavy (non-hydrogen) atoms. The van der Waals surface area contributed by atoms with Crippen LogP contribution in [0.4, 0.5) is 5.69 Å². The molecule has 0 unspecified atom stereocenters. The monoisotopic (exact) mass is 302 g/mol. The number of benzene rings is 2. The second kappa shape index (κ2) is 6.87. The first-order valence-electron chi connectivity index (χ1n) is 6.33. The summed E-state index contributed by atoms with van der Waals surface area (Å²) >= 11 is 5.88. The van der Waals surface area contributed by atoms with Crippen molar-refractivity contribution in [3.8, 4) is 17.6 Å². The number of ether oxygens (including phenoxy) is 2. The molecule has 0 saturated heterocycles. The summed E-state index contributed by atoms with van der Waals surface area (Å²) in [6, 6.07) is 13.0. The third-order valence-electron chi connectivity index (χ3n) is 3.06. The lowest BCUT2D eigenvalue weighted by Crippen LogP contribution is -2.04. The zero-order chi connectivity index (χ0) is 15.2. The Morgan fingerprint density at radius 1 is 1.19 bits per heavy atom. The lowest BCUT2D eigenvalue weighted by atomic mass is 10.1. The molecule has 0 aromatic heterocycles. The first-order valence-corrected chi connectivity index (χ1v) is 6.70. The van der Waals surface area contributed by atoms with E-state index < -0.39 is 0 Å². The van der Waals surface area contributed by atoms with Gasteiger partial charge in [0.1, 0.15) is 6.07 Å². The molecular weight excluding hydrogens is 288 g/mol. The molecule has 4 nitrogen and oxygen atoms in total. The summed E-state index contributed by atoms with van der Waals surface area (Å²) in [4.78, 5) is 0. The largest absolute Gasteiger partial charge is 0.493 e. The van der Waals surface area contributed by atoms with Gasteiger partial charge in [0.05, 0.1) is 25.5 Å². The predicted molar refractivity (Wildman–Crippen MR) is 83.0 cm³/mol. The van der Waals surface area contributed by atoms with Crippen LogP contribution in [0, 0.1) is 11.3 Å². The van der Waals surface area contributed by atoms with Crippen LogP contribution >= 0.6 is 11.6 Å². The van der Waals surface area contributed by atoms with Crippen molar-refractivity contribution in [1.29, 1.82) is 5.26 Å². The number of hydrogen-bond donors (Lipinski definition) is 1. The fourth-order valence-corrected chi connectivity index (χ4v) is 2.22. The van der Waals surface area contributed by atoms with Crippen molar-refractivity contribution in [2.75, 3.05) is 19.5 Å². The van der Waals surface area contributed by atoms with E-state index in [0.717, 1.165) is 11.3 Å². The van der Waals surface area contributed by atoms with Gasteiger partial charge in [-0.2, -0.15) is 5.26 Å². The van der Waals surface area contributed by atoms with Gasteiger partial charge >= 0.3 is 0 Å². The molecule has 0 heterocycles. The van der Waals surface area contributed by atoms with E-state index in [0.29, 0.717) is 28.6 Å². The van der Waals surface area contributed by atoms with Crippen LogP contribution in [0.15, 0.2) is 36.4 Å². The van der Waals surface area contributed by atoms with Crippen molar-refractivity contribution in [3.63, 3.8) is 0 Å². The maximum Gasteiger partial charge on any atom is 0.165 e. The minimum Gasteiger partial charge on any atom is -0.493 e. The van der Waals surface area contributed by atoms with Crippen molar-refractivity contribution >= 4 is 17.3 Å². The van der Waals surface area contributed by atoms with E-state index in [1.165, 1.54) is 0 Å². The van der Waals surface area contributed by atoms with Gasteiger partial charge in [-0.3, -0.25) is 0 Å². The number of hydrogen-bond acceptors (Lipinski definition) is 4. The second-order valence-corrected chi connectivity index (χ2v) is 4.74. The third kappa shape index (κ3) is 3.39. The molecule has 0 radical (unpaired) electrons. The zero-order valence-electron chi connectivity index (χ0n) is 11.8. The van der Waals surface area contributed by atoms with Gasteiger partial charge in [-0.05, 0) is 24.3 Å². The zero-order valence-corrected chi connectivity index (χ0v) is 12.6. The van der Waals surface area contributed by atoms with Gasteiger partial charge in [0.25, 0.3) is 0 Å². The quantitative estimate of drug-likeness (QED) is 0.911. The smallest absolute Gasteiger partial charge is 0.165 e. The number of nitrogens with one attached hydrogen (secondary N) is 1. The van der Waals surface area contributed by atoms with Crippen molar-refractivity contribution in [1.82, 2.24) is 0 Å². The molecule has 0 aliphatic heterocycles. The molecule has 0 aliphatic carbocycles. The highest BCUT2D eigenvalue weighted by Crippen LogP contribution is 2.31. The van der Waals surface area contributed by atoms with E-state index in [-0.39, 0.29) is 0 Å². The molecule has 2 aromatic rings. The topological polar surface area (TPSA) is 54.3 Å². The van der Waals surface area contributed by atoms with Gasteiger partial charge in [-0.15, -0.1) is 0 Å². The lowest BCUT2D eigenvalue weighted by molar-refractivity contribution is 0.352. The summed E-state index contributed by atoms with van der Waals surface area (Å²) in [6.45, 7) is 0.511. The Labute approximate surface area is 128 Å². The van der Waals surface area contributed by atoms with Gasteiger partial charge in [0.2, 0.25) is 0 Å². The molecule has 0 spiro atoms. The molecule has 0 saturated carbocycles. The minimum atomic E-state index is 0.504. The summed E-state index contributed by atoms with van der Waals surface area (Å²) in [6.07, 6.45) is 0. The van der Waals surface area contributed by atoms with Crippen LogP contribution in [-0.2, 0) is 6.54 Å². The standard InChI is InChI=1S/C16H15ClN2O2/c1-20-15-5-3-4-11(16(15)21-2)10-19-14-7-6-13(17)8-12(14)9-18/h3-8,19H,10H2,1-2H3. The highest BCUT2D eigenvalue weighted by Gasteiger charge is 2.10. The lowest BCUT2D eigenvalue weighted by Gasteiger charge is -2.14. The normalized spacial score (nSPS) is 9.81. The van der Waals surface area contributed by atoms with Crippen molar-refractivity contribution in [3.05, 3.63) is 52.5 Å². The van der Waals surface area contributed by atoms with Crippen LogP contribution < -0.4 is 14.8 Å². The van der Waals surface area contributed by atoms with Gasteiger partial charge < -0.3 is 14.8 Å². The minimum absolute atomic E-state index is 0.504. The Morgan fingerprint density at radius 3 is 2.67 bits per heavy atom. The highest BCUT2D eigenvalue weighted by atomic mass is 35.5. The SMILES string of the molecule is COc1cccc(CNc2ccc(Cl)cc2C#N)c1OC.